The zero-order valence-corrected chi connectivity index (χ0v) is 18.0. The van der Waals surface area contributed by atoms with Crippen LogP contribution >= 0.6 is 11.8 Å². The van der Waals surface area contributed by atoms with Crippen LogP contribution in [0.15, 0.2) is 94.4 Å². The second-order valence-corrected chi connectivity index (χ2v) is 9.73. The van der Waals surface area contributed by atoms with E-state index >= 15 is 0 Å². The number of rotatable bonds is 2. The number of benzene rings is 2. The van der Waals surface area contributed by atoms with Gasteiger partial charge in [0.15, 0.2) is 0 Å². The van der Waals surface area contributed by atoms with E-state index in [0.717, 1.165) is 6.42 Å². The van der Waals surface area contributed by atoms with Gasteiger partial charge >= 0.3 is 0 Å². The Hall–Kier alpha value is -2.65. The van der Waals surface area contributed by atoms with Crippen molar-refractivity contribution in [1.29, 1.82) is 0 Å². The lowest BCUT2D eigenvalue weighted by Crippen LogP contribution is -2.37. The Balaban J connectivity index is 1.61. The summed E-state index contributed by atoms with van der Waals surface area (Å²) in [4.78, 5) is 5.22. The number of fused-ring (bicyclic) bond motifs is 1. The van der Waals surface area contributed by atoms with Gasteiger partial charge in [0.05, 0.1) is 16.9 Å². The van der Waals surface area contributed by atoms with E-state index < -0.39 is 0 Å². The van der Waals surface area contributed by atoms with E-state index in [1.54, 1.807) is 0 Å². The standard InChI is InChI=1S/C26H26N2S/c1-18-13-14-23-25(16-18)29-24-12-5-4-11-22(24)28(23)20-9-6-8-19(17-20)21-10-7-15-26(2,3)27-21/h4-15,17-18,27H,16H2,1-3H3. The first kappa shape index (κ1) is 18.4. The van der Waals surface area contributed by atoms with Crippen molar-refractivity contribution >= 4 is 28.8 Å². The molecule has 2 nitrogen and oxygen atoms in total. The zero-order valence-electron chi connectivity index (χ0n) is 17.1. The maximum absolute atomic E-state index is 3.65. The molecule has 0 fully saturated rings. The summed E-state index contributed by atoms with van der Waals surface area (Å²) in [6.07, 6.45) is 12.3. The van der Waals surface area contributed by atoms with Crippen LogP contribution in [0.5, 0.6) is 0 Å². The fourth-order valence-corrected chi connectivity index (χ4v) is 5.46. The molecular formula is C26H26N2S. The molecule has 2 heterocycles. The van der Waals surface area contributed by atoms with Crippen LogP contribution in [-0.4, -0.2) is 5.54 Å². The van der Waals surface area contributed by atoms with Gasteiger partial charge in [-0.05, 0) is 68.2 Å². The molecule has 2 aliphatic heterocycles. The normalized spacial score (nSPS) is 22.0. The molecule has 0 aromatic heterocycles. The summed E-state index contributed by atoms with van der Waals surface area (Å²) < 4.78 is 0. The molecule has 0 spiro atoms. The Kier molecular flexibility index (Phi) is 4.44. The second-order valence-electron chi connectivity index (χ2n) is 8.59. The summed E-state index contributed by atoms with van der Waals surface area (Å²) in [6.45, 7) is 6.69. The first-order valence-corrected chi connectivity index (χ1v) is 11.1. The van der Waals surface area contributed by atoms with E-state index in [0.29, 0.717) is 5.92 Å². The van der Waals surface area contributed by atoms with Crippen LogP contribution in [-0.2, 0) is 0 Å². The predicted molar refractivity (Wildman–Crippen MR) is 125 cm³/mol. The first-order valence-electron chi connectivity index (χ1n) is 10.3. The molecule has 3 aliphatic rings. The SMILES string of the molecule is CC1C=CC2=C(C1)Sc1ccccc1N2c1cccc(C2=CC=CC(C)(C)N2)c1. The van der Waals surface area contributed by atoms with Gasteiger partial charge in [0.25, 0.3) is 0 Å². The Morgan fingerprint density at radius 2 is 1.97 bits per heavy atom. The van der Waals surface area contributed by atoms with Crippen LogP contribution < -0.4 is 10.2 Å². The number of hydrogen-bond donors (Lipinski definition) is 1. The third kappa shape index (κ3) is 3.44. The van der Waals surface area contributed by atoms with E-state index in [9.17, 15) is 0 Å². The molecule has 5 rings (SSSR count). The van der Waals surface area contributed by atoms with Crippen LogP contribution in [0.2, 0.25) is 0 Å². The molecule has 2 aromatic rings. The van der Waals surface area contributed by atoms with E-state index in [4.69, 9.17) is 0 Å². The number of allylic oxidation sites excluding steroid dienone is 5. The zero-order chi connectivity index (χ0) is 20.0. The van der Waals surface area contributed by atoms with Gasteiger partial charge in [-0.25, -0.2) is 0 Å². The van der Waals surface area contributed by atoms with Crippen molar-refractivity contribution < 1.29 is 0 Å². The van der Waals surface area contributed by atoms with Crippen molar-refractivity contribution in [2.75, 3.05) is 4.90 Å². The molecule has 0 amide bonds. The highest BCUT2D eigenvalue weighted by atomic mass is 32.2. The maximum atomic E-state index is 3.65. The molecule has 29 heavy (non-hydrogen) atoms. The van der Waals surface area contributed by atoms with Crippen molar-refractivity contribution in [2.24, 2.45) is 5.92 Å². The van der Waals surface area contributed by atoms with Crippen LogP contribution in [0.1, 0.15) is 32.8 Å². The summed E-state index contributed by atoms with van der Waals surface area (Å²) in [5.74, 6) is 0.588. The molecule has 1 atom stereocenters. The van der Waals surface area contributed by atoms with Crippen LogP contribution in [0.25, 0.3) is 5.70 Å². The molecule has 0 saturated heterocycles. The van der Waals surface area contributed by atoms with E-state index in [2.05, 4.69) is 110 Å². The van der Waals surface area contributed by atoms with Gasteiger partial charge in [-0.1, -0.05) is 61.2 Å². The molecule has 0 saturated carbocycles. The van der Waals surface area contributed by atoms with Crippen molar-refractivity contribution in [2.45, 2.75) is 37.6 Å². The number of nitrogens with zero attached hydrogens (tertiary/aromatic N) is 1. The highest BCUT2D eigenvalue weighted by Crippen LogP contribution is 2.50. The lowest BCUT2D eigenvalue weighted by Gasteiger charge is -2.36. The third-order valence-electron chi connectivity index (χ3n) is 5.60. The molecule has 2 aromatic carbocycles. The highest BCUT2D eigenvalue weighted by Gasteiger charge is 2.28. The molecule has 146 valence electrons. The van der Waals surface area contributed by atoms with Gasteiger partial charge in [0, 0.05) is 21.2 Å². The van der Waals surface area contributed by atoms with Crippen molar-refractivity contribution in [3.05, 3.63) is 95.1 Å². The van der Waals surface area contributed by atoms with Crippen molar-refractivity contribution in [3.8, 4) is 0 Å². The van der Waals surface area contributed by atoms with Crippen LogP contribution in [0.4, 0.5) is 11.4 Å². The Labute approximate surface area is 177 Å². The number of nitrogens with one attached hydrogen (secondary N) is 1. The topological polar surface area (TPSA) is 15.3 Å². The van der Waals surface area contributed by atoms with Crippen LogP contribution in [0.3, 0.4) is 0 Å². The quantitative estimate of drug-likeness (QED) is 0.585. The summed E-state index contributed by atoms with van der Waals surface area (Å²) in [7, 11) is 0. The fraction of sp³-hybridized carbons (Fsp3) is 0.231. The smallest absolute Gasteiger partial charge is 0.0601 e. The number of hydrogen-bond acceptors (Lipinski definition) is 3. The Morgan fingerprint density at radius 1 is 1.10 bits per heavy atom. The average Bonchev–Trinajstić information content (AvgIpc) is 2.71. The molecule has 0 bridgehead atoms. The summed E-state index contributed by atoms with van der Waals surface area (Å²) in [5.41, 5.74) is 6.13. The molecule has 1 N–H and O–H groups in total. The number of dihydropyridines is 1. The lowest BCUT2D eigenvalue weighted by molar-refractivity contribution is 0.559. The van der Waals surface area contributed by atoms with Gasteiger partial charge in [-0.3, -0.25) is 0 Å². The number of thioether (sulfide) groups is 1. The van der Waals surface area contributed by atoms with Gasteiger partial charge < -0.3 is 10.2 Å². The molecule has 1 aliphatic carbocycles. The number of anilines is 2. The fourth-order valence-electron chi connectivity index (χ4n) is 4.17. The molecule has 0 radical (unpaired) electrons. The Morgan fingerprint density at radius 3 is 2.83 bits per heavy atom. The van der Waals surface area contributed by atoms with E-state index in [1.807, 2.05) is 11.8 Å². The minimum atomic E-state index is -0.0353. The largest absolute Gasteiger partial charge is 0.376 e. The molecule has 1 unspecified atom stereocenters. The maximum Gasteiger partial charge on any atom is 0.0601 e. The number of para-hydroxylation sites is 1. The van der Waals surface area contributed by atoms with Gasteiger partial charge in [0.2, 0.25) is 0 Å². The van der Waals surface area contributed by atoms with Gasteiger partial charge in [-0.15, -0.1) is 0 Å². The summed E-state index contributed by atoms with van der Waals surface area (Å²) >= 11 is 1.93. The minimum Gasteiger partial charge on any atom is -0.376 e. The predicted octanol–water partition coefficient (Wildman–Crippen LogP) is 7.02. The minimum absolute atomic E-state index is 0.0353. The average molecular weight is 399 g/mol. The highest BCUT2D eigenvalue weighted by molar-refractivity contribution is 8.03. The first-order chi connectivity index (χ1) is 14.0. The van der Waals surface area contributed by atoms with Gasteiger partial charge in [-0.2, -0.15) is 0 Å². The second kappa shape index (κ2) is 7.00. The summed E-state index contributed by atoms with van der Waals surface area (Å²) in [6, 6.07) is 17.6. The van der Waals surface area contributed by atoms with Crippen molar-refractivity contribution in [1.82, 2.24) is 5.32 Å². The molecular weight excluding hydrogens is 372 g/mol. The Bertz CT molecular complexity index is 1090. The van der Waals surface area contributed by atoms with Crippen LogP contribution in [0, 0.1) is 5.92 Å². The van der Waals surface area contributed by atoms with Crippen molar-refractivity contribution in [3.63, 3.8) is 0 Å². The third-order valence-corrected chi connectivity index (χ3v) is 6.79. The van der Waals surface area contributed by atoms with Gasteiger partial charge in [0.1, 0.15) is 0 Å². The lowest BCUT2D eigenvalue weighted by atomic mass is 9.97. The van der Waals surface area contributed by atoms with E-state index in [-0.39, 0.29) is 5.54 Å². The van der Waals surface area contributed by atoms with E-state index in [1.165, 1.54) is 38.1 Å². The monoisotopic (exact) mass is 398 g/mol. The molecule has 3 heteroatoms. The summed E-state index contributed by atoms with van der Waals surface area (Å²) in [5, 5.41) is 3.65.